The zero-order valence-electron chi connectivity index (χ0n) is 9.00. The number of nitrogen functional groups attached to an aromatic ring is 1. The van der Waals surface area contributed by atoms with Crippen LogP contribution in [-0.4, -0.2) is 24.3 Å². The monoisotopic (exact) mass is 227 g/mol. The summed E-state index contributed by atoms with van der Waals surface area (Å²) >= 11 is 0. The maximum absolute atomic E-state index is 13.3. The third-order valence-corrected chi connectivity index (χ3v) is 2.16. The van der Waals surface area contributed by atoms with E-state index in [1.54, 1.807) is 0 Å². The van der Waals surface area contributed by atoms with Crippen LogP contribution in [-0.2, 0) is 4.74 Å². The smallest absolute Gasteiger partial charge is 0.338 e. The molecule has 0 aromatic heterocycles. The van der Waals surface area contributed by atoms with Gasteiger partial charge in [0.15, 0.2) is 0 Å². The maximum atomic E-state index is 13.3. The molecule has 0 aliphatic carbocycles. The van der Waals surface area contributed by atoms with Crippen LogP contribution in [0.4, 0.5) is 10.1 Å². The van der Waals surface area contributed by atoms with Crippen LogP contribution >= 0.6 is 0 Å². The van der Waals surface area contributed by atoms with Gasteiger partial charge in [-0.05, 0) is 19.1 Å². The molecule has 0 fully saturated rings. The number of nitrogens with two attached hydrogens (primary N) is 1. The minimum absolute atomic E-state index is 0.0579. The summed E-state index contributed by atoms with van der Waals surface area (Å²) in [5.41, 5.74) is 6.14. The quantitative estimate of drug-likeness (QED) is 0.461. The summed E-state index contributed by atoms with van der Waals surface area (Å²) in [5.74, 6) is -1.17. The Labute approximate surface area is 92.8 Å². The lowest BCUT2D eigenvalue weighted by Crippen LogP contribution is -2.09. The van der Waals surface area contributed by atoms with Crippen LogP contribution in [0.3, 0.4) is 0 Å². The predicted molar refractivity (Wildman–Crippen MR) is 57.5 cm³/mol. The number of halogens is 1. The first-order valence-electron chi connectivity index (χ1n) is 4.90. The number of carbonyl (C=O) groups is 1. The number of aliphatic hydroxyl groups is 1. The van der Waals surface area contributed by atoms with Gasteiger partial charge in [-0.1, -0.05) is 0 Å². The van der Waals surface area contributed by atoms with Gasteiger partial charge in [-0.3, -0.25) is 0 Å². The van der Waals surface area contributed by atoms with Crippen LogP contribution < -0.4 is 5.73 Å². The molecule has 0 saturated carbocycles. The molecule has 0 radical (unpaired) electrons. The molecule has 0 saturated heterocycles. The molecule has 1 aromatic rings. The fourth-order valence-corrected chi connectivity index (χ4v) is 1.13. The molecule has 0 amide bonds. The molecule has 0 spiro atoms. The number of ether oxygens (including phenoxy) is 1. The largest absolute Gasteiger partial charge is 0.462 e. The van der Waals surface area contributed by atoms with Gasteiger partial charge in [0.05, 0.1) is 12.2 Å². The number of hydrogen-bond donors (Lipinski definition) is 2. The van der Waals surface area contributed by atoms with Crippen molar-refractivity contribution in [2.24, 2.45) is 0 Å². The molecule has 0 aliphatic rings. The fraction of sp³-hybridized carbons (Fsp3) is 0.364. The van der Waals surface area contributed by atoms with E-state index in [9.17, 15) is 9.18 Å². The number of aliphatic hydroxyl groups excluding tert-OH is 1. The van der Waals surface area contributed by atoms with Crippen molar-refractivity contribution >= 4 is 11.7 Å². The summed E-state index contributed by atoms with van der Waals surface area (Å²) in [4.78, 5) is 11.4. The lowest BCUT2D eigenvalue weighted by atomic mass is 10.1. The highest BCUT2D eigenvalue weighted by Gasteiger charge is 2.11. The second-order valence-electron chi connectivity index (χ2n) is 3.39. The zero-order valence-corrected chi connectivity index (χ0v) is 9.00. The number of hydrogen-bond acceptors (Lipinski definition) is 4. The van der Waals surface area contributed by atoms with E-state index in [0.717, 1.165) is 6.07 Å². The van der Waals surface area contributed by atoms with E-state index < -0.39 is 11.8 Å². The van der Waals surface area contributed by atoms with Crippen LogP contribution in [0.15, 0.2) is 12.1 Å². The molecule has 5 heteroatoms. The first-order chi connectivity index (χ1) is 7.56. The third kappa shape index (κ3) is 2.93. The van der Waals surface area contributed by atoms with Crippen LogP contribution in [0.25, 0.3) is 0 Å². The molecule has 0 bridgehead atoms. The van der Waals surface area contributed by atoms with Gasteiger partial charge in [-0.15, -0.1) is 0 Å². The SMILES string of the molecule is Cc1c(N)cc(C(=O)OCCCO)cc1F. The van der Waals surface area contributed by atoms with E-state index in [2.05, 4.69) is 0 Å². The van der Waals surface area contributed by atoms with Crippen molar-refractivity contribution in [1.29, 1.82) is 0 Å². The molecule has 0 aliphatic heterocycles. The zero-order chi connectivity index (χ0) is 12.1. The lowest BCUT2D eigenvalue weighted by Gasteiger charge is -2.07. The van der Waals surface area contributed by atoms with Crippen LogP contribution in [0.2, 0.25) is 0 Å². The van der Waals surface area contributed by atoms with E-state index in [1.807, 2.05) is 0 Å². The van der Waals surface area contributed by atoms with E-state index >= 15 is 0 Å². The van der Waals surface area contributed by atoms with Gasteiger partial charge >= 0.3 is 5.97 Å². The van der Waals surface area contributed by atoms with Crippen molar-refractivity contribution in [3.8, 4) is 0 Å². The first kappa shape index (κ1) is 12.4. The summed E-state index contributed by atoms with van der Waals surface area (Å²) in [5, 5.41) is 8.50. The van der Waals surface area contributed by atoms with Gasteiger partial charge in [-0.2, -0.15) is 0 Å². The molecular formula is C11H14FNO3. The van der Waals surface area contributed by atoms with Crippen LogP contribution in [0.1, 0.15) is 22.3 Å². The highest BCUT2D eigenvalue weighted by Crippen LogP contribution is 2.18. The van der Waals surface area contributed by atoms with Crippen molar-refractivity contribution in [3.63, 3.8) is 0 Å². The van der Waals surface area contributed by atoms with Gasteiger partial charge in [0.2, 0.25) is 0 Å². The molecule has 1 aromatic carbocycles. The predicted octanol–water partition coefficient (Wildman–Crippen LogP) is 1.26. The molecule has 88 valence electrons. The Kier molecular flexibility index (Phi) is 4.25. The molecule has 1 rings (SSSR count). The van der Waals surface area contributed by atoms with Crippen molar-refractivity contribution in [3.05, 3.63) is 29.1 Å². The van der Waals surface area contributed by atoms with E-state index in [-0.39, 0.29) is 24.5 Å². The Morgan fingerprint density at radius 2 is 2.25 bits per heavy atom. The van der Waals surface area contributed by atoms with E-state index in [4.69, 9.17) is 15.6 Å². The highest BCUT2D eigenvalue weighted by molar-refractivity contribution is 5.90. The van der Waals surface area contributed by atoms with E-state index in [1.165, 1.54) is 13.0 Å². The molecule has 4 nitrogen and oxygen atoms in total. The Morgan fingerprint density at radius 3 is 2.81 bits per heavy atom. The fourth-order valence-electron chi connectivity index (χ4n) is 1.13. The van der Waals surface area contributed by atoms with Gasteiger partial charge in [-0.25, -0.2) is 9.18 Å². The normalized spacial score (nSPS) is 10.2. The molecular weight excluding hydrogens is 213 g/mol. The summed E-state index contributed by atoms with van der Waals surface area (Å²) in [6.07, 6.45) is 0.357. The number of benzene rings is 1. The first-order valence-corrected chi connectivity index (χ1v) is 4.90. The minimum Gasteiger partial charge on any atom is -0.462 e. The van der Waals surface area contributed by atoms with Crippen molar-refractivity contribution < 1.29 is 19.0 Å². The Bertz CT molecular complexity index is 370. The van der Waals surface area contributed by atoms with Gasteiger partial charge < -0.3 is 15.6 Å². The van der Waals surface area contributed by atoms with Gasteiger partial charge in [0, 0.05) is 24.3 Å². The Morgan fingerprint density at radius 1 is 1.56 bits per heavy atom. The average Bonchev–Trinajstić information content (AvgIpc) is 2.25. The van der Waals surface area contributed by atoms with Gasteiger partial charge in [0.1, 0.15) is 5.82 Å². The second-order valence-corrected chi connectivity index (χ2v) is 3.39. The summed E-state index contributed by atoms with van der Waals surface area (Å²) in [6.45, 7) is 1.58. The summed E-state index contributed by atoms with van der Waals surface area (Å²) < 4.78 is 18.1. The summed E-state index contributed by atoms with van der Waals surface area (Å²) in [6, 6.07) is 2.46. The third-order valence-electron chi connectivity index (χ3n) is 2.16. The van der Waals surface area contributed by atoms with Crippen molar-refractivity contribution in [1.82, 2.24) is 0 Å². The second kappa shape index (κ2) is 5.46. The number of rotatable bonds is 4. The standard InChI is InChI=1S/C11H14FNO3/c1-7-9(12)5-8(6-10(7)13)11(15)16-4-2-3-14/h5-6,14H,2-4,13H2,1H3. The maximum Gasteiger partial charge on any atom is 0.338 e. The summed E-state index contributed by atoms with van der Waals surface area (Å²) in [7, 11) is 0. The highest BCUT2D eigenvalue weighted by atomic mass is 19.1. The Hall–Kier alpha value is -1.62. The Balaban J connectivity index is 2.76. The number of esters is 1. The minimum atomic E-state index is -0.640. The average molecular weight is 227 g/mol. The molecule has 0 unspecified atom stereocenters. The molecule has 0 atom stereocenters. The topological polar surface area (TPSA) is 72.6 Å². The molecule has 0 heterocycles. The van der Waals surface area contributed by atoms with Crippen molar-refractivity contribution in [2.45, 2.75) is 13.3 Å². The lowest BCUT2D eigenvalue weighted by molar-refractivity contribution is 0.0481. The number of carbonyl (C=O) groups excluding carboxylic acids is 1. The van der Waals surface area contributed by atoms with Crippen molar-refractivity contribution in [2.75, 3.05) is 18.9 Å². The van der Waals surface area contributed by atoms with Crippen LogP contribution in [0.5, 0.6) is 0 Å². The van der Waals surface area contributed by atoms with Gasteiger partial charge in [0.25, 0.3) is 0 Å². The molecule has 16 heavy (non-hydrogen) atoms. The number of anilines is 1. The molecule has 3 N–H and O–H groups in total. The van der Waals surface area contributed by atoms with Crippen LogP contribution in [0, 0.1) is 12.7 Å². The van der Waals surface area contributed by atoms with E-state index in [0.29, 0.717) is 12.0 Å².